The van der Waals surface area contributed by atoms with Gasteiger partial charge < -0.3 is 14.4 Å². The number of anilines is 1. The van der Waals surface area contributed by atoms with E-state index in [0.29, 0.717) is 13.0 Å². The van der Waals surface area contributed by atoms with Gasteiger partial charge in [0.1, 0.15) is 25.6 Å². The average Bonchev–Trinajstić information content (AvgIpc) is 3.16. The minimum atomic E-state index is -4.35. The minimum absolute atomic E-state index is 0.135. The van der Waals surface area contributed by atoms with E-state index in [1.807, 2.05) is 52.2 Å². The lowest BCUT2D eigenvalue weighted by Crippen LogP contribution is -2.27. The molecule has 9 heteroatoms. The molecular formula is C36H45N2O6S+. The molecule has 0 fully saturated rings. The minimum Gasteiger partial charge on any atom is -0.481 e. The first-order valence-corrected chi connectivity index (χ1v) is 16.7. The first kappa shape index (κ1) is 33.9. The van der Waals surface area contributed by atoms with Gasteiger partial charge in [0.25, 0.3) is 10.1 Å². The monoisotopic (exact) mass is 633 g/mol. The number of unbranched alkanes of at least 4 members (excludes halogenated alkanes) is 2. The van der Waals surface area contributed by atoms with Crippen LogP contribution in [0.2, 0.25) is 0 Å². The molecule has 240 valence electrons. The number of allylic oxidation sites excluding steroid dienone is 5. The molecule has 0 atom stereocenters. The molecule has 1 aromatic rings. The fraction of sp³-hybridized carbons (Fsp3) is 0.389. The topological polar surface area (TPSA) is 111 Å². The predicted octanol–water partition coefficient (Wildman–Crippen LogP) is 6.86. The van der Waals surface area contributed by atoms with Gasteiger partial charge in [0.2, 0.25) is 5.36 Å². The van der Waals surface area contributed by atoms with Crippen molar-refractivity contribution >= 4 is 27.9 Å². The number of aliphatic carboxylic acids is 1. The van der Waals surface area contributed by atoms with E-state index < -0.39 is 21.5 Å². The SMILES string of the molecule is C[N+](C)=c1ccc2c(/C=C/C=C/C=C3\N(CCCCCC(=O)O)c4ccc(S(=O)(=O)O)cc4C3(C)C)cc(C(C)(C)C)oc-2c1. The zero-order chi connectivity index (χ0) is 33.2. The molecule has 1 aromatic carbocycles. The molecular weight excluding hydrogens is 588 g/mol. The number of benzene rings is 2. The van der Waals surface area contributed by atoms with Gasteiger partial charge in [0.15, 0.2) is 0 Å². The van der Waals surface area contributed by atoms with Crippen molar-refractivity contribution in [3.8, 4) is 11.3 Å². The van der Waals surface area contributed by atoms with Crippen LogP contribution in [0, 0.1) is 0 Å². The summed E-state index contributed by atoms with van der Waals surface area (Å²) in [4.78, 5) is 13.0. The molecule has 0 saturated carbocycles. The van der Waals surface area contributed by atoms with Gasteiger partial charge in [-0.2, -0.15) is 8.42 Å². The lowest BCUT2D eigenvalue weighted by Gasteiger charge is -2.27. The van der Waals surface area contributed by atoms with Gasteiger partial charge >= 0.3 is 5.97 Å². The van der Waals surface area contributed by atoms with E-state index in [2.05, 4.69) is 60.6 Å². The first-order chi connectivity index (χ1) is 21.0. The van der Waals surface area contributed by atoms with Crippen molar-refractivity contribution in [2.24, 2.45) is 0 Å². The van der Waals surface area contributed by atoms with Crippen molar-refractivity contribution in [3.63, 3.8) is 0 Å². The van der Waals surface area contributed by atoms with E-state index >= 15 is 0 Å². The highest BCUT2D eigenvalue weighted by atomic mass is 32.2. The van der Waals surface area contributed by atoms with E-state index in [1.165, 1.54) is 6.07 Å². The van der Waals surface area contributed by atoms with Crippen LogP contribution in [0.15, 0.2) is 81.8 Å². The molecule has 8 nitrogen and oxygen atoms in total. The lowest BCUT2D eigenvalue weighted by molar-refractivity contribution is -0.137. The Hall–Kier alpha value is -3.95. The smallest absolute Gasteiger partial charge is 0.303 e. The fourth-order valence-electron chi connectivity index (χ4n) is 5.64. The second-order valence-corrected chi connectivity index (χ2v) is 14.7. The maximum absolute atomic E-state index is 11.9. The van der Waals surface area contributed by atoms with Crippen molar-refractivity contribution in [2.45, 2.75) is 76.0 Å². The number of fused-ring (bicyclic) bond motifs is 2. The third-order valence-corrected chi connectivity index (χ3v) is 9.07. The summed E-state index contributed by atoms with van der Waals surface area (Å²) in [6.07, 6.45) is 12.3. The van der Waals surface area contributed by atoms with Crippen molar-refractivity contribution in [1.82, 2.24) is 4.58 Å². The third-order valence-electron chi connectivity index (χ3n) is 8.22. The van der Waals surface area contributed by atoms with Crippen LogP contribution in [0.3, 0.4) is 0 Å². The summed E-state index contributed by atoms with van der Waals surface area (Å²) < 4.78 is 41.9. The van der Waals surface area contributed by atoms with Gasteiger partial charge in [-0.05, 0) is 60.4 Å². The van der Waals surface area contributed by atoms with E-state index in [1.54, 1.807) is 12.1 Å². The standard InChI is InChI=1S/C36H44N2O6S/c1-35(2,3)33-22-25(28-19-17-26(37(6)7)23-31(28)44-33)14-10-8-11-15-32-36(4,5)29-24-27(45(41,42)43)18-20-30(29)38(32)21-13-9-12-16-34(39)40/h8,10-11,14-15,17-20,22-24H,9,12-13,16,21H2,1-7H3,(H-,39,40,41,42,43)/p+1. The van der Waals surface area contributed by atoms with Crippen molar-refractivity contribution in [2.75, 3.05) is 25.5 Å². The van der Waals surface area contributed by atoms with Gasteiger partial charge in [-0.1, -0.05) is 65.3 Å². The van der Waals surface area contributed by atoms with Crippen LogP contribution in [0.1, 0.15) is 77.2 Å². The van der Waals surface area contributed by atoms with Crippen LogP contribution < -0.4 is 14.8 Å². The molecule has 0 radical (unpaired) electrons. The van der Waals surface area contributed by atoms with E-state index in [4.69, 9.17) is 9.52 Å². The van der Waals surface area contributed by atoms with E-state index in [9.17, 15) is 17.8 Å². The quantitative estimate of drug-likeness (QED) is 0.109. The van der Waals surface area contributed by atoms with Gasteiger partial charge in [-0.25, -0.2) is 4.58 Å². The molecule has 3 aliphatic rings. The molecule has 45 heavy (non-hydrogen) atoms. The number of nitrogens with zero attached hydrogens (tertiary/aromatic N) is 2. The van der Waals surface area contributed by atoms with Crippen molar-refractivity contribution in [3.05, 3.63) is 94.7 Å². The lowest BCUT2D eigenvalue weighted by atomic mass is 9.83. The first-order valence-electron chi connectivity index (χ1n) is 15.3. The number of carbonyl (C=O) groups is 1. The summed E-state index contributed by atoms with van der Waals surface area (Å²) in [5, 5.41) is 10.1. The summed E-state index contributed by atoms with van der Waals surface area (Å²) in [6, 6.07) is 13.0. The number of hydrogen-bond donors (Lipinski definition) is 2. The van der Waals surface area contributed by atoms with Crippen molar-refractivity contribution in [1.29, 1.82) is 0 Å². The molecule has 0 amide bonds. The van der Waals surface area contributed by atoms with Crippen LogP contribution in [0.25, 0.3) is 17.4 Å². The van der Waals surface area contributed by atoms with Crippen LogP contribution in [-0.4, -0.2) is 44.7 Å². The summed E-state index contributed by atoms with van der Waals surface area (Å²) in [5.41, 5.74) is 4.06. The van der Waals surface area contributed by atoms with Gasteiger partial charge in [0, 0.05) is 46.8 Å². The van der Waals surface area contributed by atoms with Crippen LogP contribution >= 0.6 is 0 Å². The average molecular weight is 634 g/mol. The molecule has 2 N–H and O–H groups in total. The largest absolute Gasteiger partial charge is 0.481 e. The zero-order valence-electron chi connectivity index (χ0n) is 27.3. The van der Waals surface area contributed by atoms with Crippen LogP contribution in [-0.2, 0) is 25.7 Å². The Morgan fingerprint density at radius 1 is 1.00 bits per heavy atom. The number of rotatable bonds is 10. The molecule has 1 aliphatic carbocycles. The molecule has 2 aliphatic heterocycles. The number of carboxylic acid groups (broad SMARTS) is 1. The summed E-state index contributed by atoms with van der Waals surface area (Å²) in [7, 11) is -0.339. The Balaban J connectivity index is 1.67. The molecule has 0 unspecified atom stereocenters. The third kappa shape index (κ3) is 7.83. The van der Waals surface area contributed by atoms with Crippen molar-refractivity contribution < 1.29 is 27.3 Å². The predicted molar refractivity (Wildman–Crippen MR) is 180 cm³/mol. The van der Waals surface area contributed by atoms with E-state index in [0.717, 1.165) is 57.8 Å². The Morgan fingerprint density at radius 2 is 1.73 bits per heavy atom. The Morgan fingerprint density at radius 3 is 2.38 bits per heavy atom. The molecule has 0 bridgehead atoms. The molecule has 0 spiro atoms. The molecule has 2 heterocycles. The highest BCUT2D eigenvalue weighted by Crippen LogP contribution is 2.48. The second kappa shape index (κ2) is 13.2. The maximum atomic E-state index is 11.9. The summed E-state index contributed by atoms with van der Waals surface area (Å²) in [5.74, 6) is 0.920. The maximum Gasteiger partial charge on any atom is 0.303 e. The Kier molecular flexibility index (Phi) is 9.94. The van der Waals surface area contributed by atoms with Crippen LogP contribution in [0.5, 0.6) is 0 Å². The zero-order valence-corrected chi connectivity index (χ0v) is 28.1. The fourth-order valence-corrected chi connectivity index (χ4v) is 6.14. The van der Waals surface area contributed by atoms with Crippen LogP contribution in [0.4, 0.5) is 5.69 Å². The highest BCUT2D eigenvalue weighted by Gasteiger charge is 2.40. The van der Waals surface area contributed by atoms with Gasteiger partial charge in [-0.3, -0.25) is 9.35 Å². The normalized spacial score (nSPS) is 15.9. The Labute approximate surface area is 266 Å². The molecule has 4 rings (SSSR count). The highest BCUT2D eigenvalue weighted by molar-refractivity contribution is 7.85. The van der Waals surface area contributed by atoms with Gasteiger partial charge in [0.05, 0.1) is 11.0 Å². The summed E-state index contributed by atoms with van der Waals surface area (Å²) in [6.45, 7) is 11.1. The van der Waals surface area contributed by atoms with Gasteiger partial charge in [-0.15, -0.1) is 0 Å². The Bertz CT molecular complexity index is 1820. The molecule has 0 saturated heterocycles. The second-order valence-electron chi connectivity index (χ2n) is 13.3. The number of hydrogen-bond acceptors (Lipinski definition) is 5. The number of carboxylic acids is 1. The van der Waals surface area contributed by atoms with E-state index in [-0.39, 0.29) is 16.7 Å². The summed E-state index contributed by atoms with van der Waals surface area (Å²) >= 11 is 0. The molecule has 0 aromatic heterocycles.